The van der Waals surface area contributed by atoms with E-state index in [2.05, 4.69) is 10.3 Å². The maximum absolute atomic E-state index is 12.4. The third-order valence-corrected chi connectivity index (χ3v) is 5.15. The summed E-state index contributed by atoms with van der Waals surface area (Å²) in [7, 11) is 1.58. The number of nitrogens with one attached hydrogen (secondary N) is 1. The number of nitrogens with zero attached hydrogens (tertiary/aromatic N) is 2. The number of carbonyl (C=O) groups is 1. The van der Waals surface area contributed by atoms with E-state index >= 15 is 0 Å². The van der Waals surface area contributed by atoms with Crippen molar-refractivity contribution in [3.05, 3.63) is 52.5 Å². The smallest absolute Gasteiger partial charge is 0.420 e. The standard InChI is InChI=1S/C18H15N3O4S/c1-10-7-8-13(24-2)15-16(10)26-17(20-15)19-14(22)9-21-11-5-3-4-6-12(11)25-18(21)23/h3-8H,9H2,1-2H3,(H,19,20,22). The van der Waals surface area contributed by atoms with Gasteiger partial charge in [0, 0.05) is 0 Å². The highest BCUT2D eigenvalue weighted by molar-refractivity contribution is 7.22. The van der Waals surface area contributed by atoms with E-state index in [4.69, 9.17) is 9.15 Å². The zero-order valence-electron chi connectivity index (χ0n) is 14.1. The molecule has 0 bridgehead atoms. The van der Waals surface area contributed by atoms with Gasteiger partial charge in [-0.3, -0.25) is 9.36 Å². The molecule has 2 heterocycles. The average molecular weight is 369 g/mol. The van der Waals surface area contributed by atoms with Crippen LogP contribution in [-0.2, 0) is 11.3 Å². The van der Waals surface area contributed by atoms with Crippen LogP contribution < -0.4 is 15.8 Å². The number of carbonyl (C=O) groups excluding carboxylic acids is 1. The average Bonchev–Trinajstić information content (AvgIpc) is 3.17. The van der Waals surface area contributed by atoms with Gasteiger partial charge in [-0.1, -0.05) is 29.5 Å². The lowest BCUT2D eigenvalue weighted by Crippen LogP contribution is -2.24. The number of hydrogen-bond acceptors (Lipinski definition) is 6. The summed E-state index contributed by atoms with van der Waals surface area (Å²) in [6.07, 6.45) is 0. The van der Waals surface area contributed by atoms with Crippen LogP contribution in [0.25, 0.3) is 21.3 Å². The molecule has 0 atom stereocenters. The molecule has 0 aliphatic rings. The van der Waals surface area contributed by atoms with E-state index in [0.717, 1.165) is 10.3 Å². The number of aromatic nitrogens is 2. The van der Waals surface area contributed by atoms with Crippen LogP contribution in [0.3, 0.4) is 0 Å². The third kappa shape index (κ3) is 2.74. The van der Waals surface area contributed by atoms with Gasteiger partial charge in [-0.05, 0) is 30.7 Å². The fourth-order valence-electron chi connectivity index (χ4n) is 2.79. The number of anilines is 1. The van der Waals surface area contributed by atoms with Gasteiger partial charge in [-0.25, -0.2) is 9.78 Å². The van der Waals surface area contributed by atoms with Gasteiger partial charge in [0.15, 0.2) is 10.7 Å². The number of amides is 1. The first kappa shape index (κ1) is 16.3. The Morgan fingerprint density at radius 3 is 2.92 bits per heavy atom. The number of rotatable bonds is 4. The number of benzene rings is 2. The summed E-state index contributed by atoms with van der Waals surface area (Å²) in [5.41, 5.74) is 2.79. The number of methoxy groups -OCH3 is 1. The van der Waals surface area contributed by atoms with Crippen molar-refractivity contribution in [2.75, 3.05) is 12.4 Å². The van der Waals surface area contributed by atoms with E-state index in [9.17, 15) is 9.59 Å². The van der Waals surface area contributed by atoms with Gasteiger partial charge >= 0.3 is 5.76 Å². The molecule has 0 fully saturated rings. The van der Waals surface area contributed by atoms with Crippen LogP contribution in [0.5, 0.6) is 5.75 Å². The summed E-state index contributed by atoms with van der Waals surface area (Å²) < 4.78 is 12.7. The van der Waals surface area contributed by atoms with Crippen LogP contribution in [0.1, 0.15) is 5.56 Å². The fraction of sp³-hybridized carbons (Fsp3) is 0.167. The zero-order chi connectivity index (χ0) is 18.3. The predicted octanol–water partition coefficient (Wildman–Crippen LogP) is 3.16. The molecule has 1 N–H and O–H groups in total. The van der Waals surface area contributed by atoms with Crippen LogP contribution in [-0.4, -0.2) is 22.6 Å². The van der Waals surface area contributed by atoms with Gasteiger partial charge in [-0.15, -0.1) is 0 Å². The van der Waals surface area contributed by atoms with Crippen molar-refractivity contribution in [3.8, 4) is 5.75 Å². The Hall–Kier alpha value is -3.13. The molecule has 0 spiro atoms. The molecular weight excluding hydrogens is 354 g/mol. The lowest BCUT2D eigenvalue weighted by Gasteiger charge is -2.02. The summed E-state index contributed by atoms with van der Waals surface area (Å²) in [5.74, 6) is -0.267. The summed E-state index contributed by atoms with van der Waals surface area (Å²) >= 11 is 1.37. The monoisotopic (exact) mass is 369 g/mol. The highest BCUT2D eigenvalue weighted by Gasteiger charge is 2.16. The first-order chi connectivity index (χ1) is 12.6. The van der Waals surface area contributed by atoms with Gasteiger partial charge < -0.3 is 14.5 Å². The SMILES string of the molecule is COc1ccc(C)c2sc(NC(=O)Cn3c(=O)oc4ccccc43)nc12. The third-order valence-electron chi connectivity index (χ3n) is 4.05. The van der Waals surface area contributed by atoms with Crippen molar-refractivity contribution < 1.29 is 13.9 Å². The number of para-hydroxylation sites is 2. The minimum absolute atomic E-state index is 0.151. The quantitative estimate of drug-likeness (QED) is 0.597. The number of hydrogen-bond donors (Lipinski definition) is 1. The highest BCUT2D eigenvalue weighted by Crippen LogP contribution is 2.34. The fourth-order valence-corrected chi connectivity index (χ4v) is 3.76. The molecule has 132 valence electrons. The minimum Gasteiger partial charge on any atom is -0.494 e. The molecule has 26 heavy (non-hydrogen) atoms. The normalized spacial score (nSPS) is 11.2. The van der Waals surface area contributed by atoms with Crippen LogP contribution in [0.4, 0.5) is 5.13 Å². The van der Waals surface area contributed by atoms with Crippen molar-refractivity contribution >= 4 is 43.7 Å². The first-order valence-corrected chi connectivity index (χ1v) is 8.71. The Bertz CT molecular complexity index is 1190. The Kier molecular flexibility index (Phi) is 3.96. The van der Waals surface area contributed by atoms with E-state index in [1.165, 1.54) is 15.9 Å². The van der Waals surface area contributed by atoms with Crippen LogP contribution in [0, 0.1) is 6.92 Å². The second-order valence-electron chi connectivity index (χ2n) is 5.75. The number of thiazole rings is 1. The van der Waals surface area contributed by atoms with Gasteiger partial charge in [0.2, 0.25) is 5.91 Å². The molecule has 2 aromatic heterocycles. The molecule has 0 saturated heterocycles. The Morgan fingerprint density at radius 2 is 2.12 bits per heavy atom. The Labute approximate surface area is 151 Å². The lowest BCUT2D eigenvalue weighted by atomic mass is 10.2. The van der Waals surface area contributed by atoms with Crippen LogP contribution in [0.2, 0.25) is 0 Å². The van der Waals surface area contributed by atoms with Crippen molar-refractivity contribution in [1.29, 1.82) is 0 Å². The van der Waals surface area contributed by atoms with E-state index in [0.29, 0.717) is 27.5 Å². The van der Waals surface area contributed by atoms with Gasteiger partial charge in [-0.2, -0.15) is 0 Å². The van der Waals surface area contributed by atoms with Gasteiger partial charge in [0.25, 0.3) is 0 Å². The van der Waals surface area contributed by atoms with Gasteiger partial charge in [0.1, 0.15) is 17.8 Å². The summed E-state index contributed by atoms with van der Waals surface area (Å²) in [5, 5.41) is 3.21. The van der Waals surface area contributed by atoms with E-state index in [-0.39, 0.29) is 12.5 Å². The van der Waals surface area contributed by atoms with E-state index < -0.39 is 5.76 Å². The molecule has 7 nitrogen and oxygen atoms in total. The van der Waals surface area contributed by atoms with E-state index in [1.807, 2.05) is 19.1 Å². The second-order valence-corrected chi connectivity index (χ2v) is 6.75. The maximum Gasteiger partial charge on any atom is 0.420 e. The van der Waals surface area contributed by atoms with Crippen molar-refractivity contribution in [3.63, 3.8) is 0 Å². The van der Waals surface area contributed by atoms with Crippen molar-refractivity contribution in [2.45, 2.75) is 13.5 Å². The predicted molar refractivity (Wildman–Crippen MR) is 100 cm³/mol. The number of oxazole rings is 1. The Balaban J connectivity index is 1.62. The van der Waals surface area contributed by atoms with E-state index in [1.54, 1.807) is 31.4 Å². The van der Waals surface area contributed by atoms with Crippen molar-refractivity contribution in [1.82, 2.24) is 9.55 Å². The number of aryl methyl sites for hydroxylation is 1. The molecule has 0 aliphatic carbocycles. The van der Waals surface area contributed by atoms with Gasteiger partial charge in [0.05, 0.1) is 17.3 Å². The van der Waals surface area contributed by atoms with Crippen molar-refractivity contribution in [2.24, 2.45) is 0 Å². The largest absolute Gasteiger partial charge is 0.494 e. The molecule has 4 aromatic rings. The molecule has 1 amide bonds. The maximum atomic E-state index is 12.4. The van der Waals surface area contributed by atoms with Crippen LogP contribution >= 0.6 is 11.3 Å². The Morgan fingerprint density at radius 1 is 1.31 bits per heavy atom. The molecular formula is C18H15N3O4S. The molecule has 0 radical (unpaired) electrons. The first-order valence-electron chi connectivity index (χ1n) is 7.89. The zero-order valence-corrected chi connectivity index (χ0v) is 14.9. The number of fused-ring (bicyclic) bond motifs is 2. The second kappa shape index (κ2) is 6.30. The lowest BCUT2D eigenvalue weighted by molar-refractivity contribution is -0.116. The number of ether oxygens (including phenoxy) is 1. The summed E-state index contributed by atoms with van der Waals surface area (Å²) in [4.78, 5) is 28.8. The highest BCUT2D eigenvalue weighted by atomic mass is 32.1. The molecule has 4 rings (SSSR count). The summed E-state index contributed by atoms with van der Waals surface area (Å²) in [6.45, 7) is 1.82. The molecule has 0 unspecified atom stereocenters. The minimum atomic E-state index is -0.567. The molecule has 0 aliphatic heterocycles. The summed E-state index contributed by atoms with van der Waals surface area (Å²) in [6, 6.07) is 10.8. The van der Waals surface area contributed by atoms with Crippen LogP contribution in [0.15, 0.2) is 45.6 Å². The molecule has 0 saturated carbocycles. The molecule has 8 heteroatoms. The molecule has 2 aromatic carbocycles. The topological polar surface area (TPSA) is 86.4 Å².